The van der Waals surface area contributed by atoms with Gasteiger partial charge in [0.15, 0.2) is 6.10 Å². The Bertz CT molecular complexity index is 652. The van der Waals surface area contributed by atoms with Gasteiger partial charge in [-0.15, -0.1) is 0 Å². The molecule has 0 saturated heterocycles. The molecule has 20 heavy (non-hydrogen) atoms. The first-order valence-corrected chi connectivity index (χ1v) is 6.29. The van der Waals surface area contributed by atoms with E-state index in [4.69, 9.17) is 11.6 Å². The minimum absolute atomic E-state index is 0.237. The van der Waals surface area contributed by atoms with Crippen LogP contribution in [0.15, 0.2) is 29.1 Å². The van der Waals surface area contributed by atoms with E-state index in [2.05, 4.69) is 20.5 Å². The highest BCUT2D eigenvalue weighted by Crippen LogP contribution is 2.22. The number of H-pyrrole nitrogens is 2. The second-order valence-corrected chi connectivity index (χ2v) is 4.50. The Hall–Kier alpha value is -2.12. The topological polar surface area (TPSA) is 111 Å². The van der Waals surface area contributed by atoms with Crippen molar-refractivity contribution in [3.05, 3.63) is 51.2 Å². The molecule has 1 unspecified atom stereocenters. The molecule has 0 aliphatic heterocycles. The van der Waals surface area contributed by atoms with Crippen LogP contribution in [0.5, 0.6) is 0 Å². The number of nitrogens with one attached hydrogen (secondary N) is 3. The molecule has 0 radical (unpaired) electrons. The first-order valence-electron chi connectivity index (χ1n) is 5.91. The number of amides is 1. The second kappa shape index (κ2) is 6.36. The Morgan fingerprint density at radius 2 is 2.20 bits per heavy atom. The molecule has 1 heterocycles. The van der Waals surface area contributed by atoms with E-state index in [1.54, 1.807) is 24.3 Å². The predicted octanol–water partition coefficient (Wildman–Crippen LogP) is 0.144. The molecule has 0 aliphatic carbocycles. The van der Waals surface area contributed by atoms with Crippen LogP contribution >= 0.6 is 11.6 Å². The monoisotopic (exact) mass is 296 g/mol. The molecular formula is C12H13ClN4O3. The SMILES string of the molecule is O=C(NCCc1n[nH]c(=O)[nH]1)C(O)c1ccccc1Cl. The fraction of sp³-hybridized carbons (Fsp3) is 0.250. The Morgan fingerprint density at radius 1 is 1.45 bits per heavy atom. The first kappa shape index (κ1) is 14.3. The number of halogens is 1. The summed E-state index contributed by atoms with van der Waals surface area (Å²) in [6, 6.07) is 6.58. The Morgan fingerprint density at radius 3 is 2.85 bits per heavy atom. The van der Waals surface area contributed by atoms with Crippen LogP contribution in [0.25, 0.3) is 0 Å². The number of hydrogen-bond acceptors (Lipinski definition) is 4. The Balaban J connectivity index is 1.88. The third-order valence-electron chi connectivity index (χ3n) is 2.66. The van der Waals surface area contributed by atoms with E-state index in [1.165, 1.54) is 0 Å². The third-order valence-corrected chi connectivity index (χ3v) is 3.00. The standard InChI is InChI=1S/C12H13ClN4O3/c13-8-4-2-1-3-7(8)10(18)11(19)14-6-5-9-15-12(20)17-16-9/h1-4,10,18H,5-6H2,(H,14,19)(H2,15,16,17,20). The van der Waals surface area contributed by atoms with Gasteiger partial charge >= 0.3 is 5.69 Å². The van der Waals surface area contributed by atoms with E-state index >= 15 is 0 Å². The van der Waals surface area contributed by atoms with Crippen LogP contribution in [-0.4, -0.2) is 32.7 Å². The van der Waals surface area contributed by atoms with Gasteiger partial charge in [0, 0.05) is 23.6 Å². The van der Waals surface area contributed by atoms with Crippen molar-refractivity contribution in [1.82, 2.24) is 20.5 Å². The summed E-state index contributed by atoms with van der Waals surface area (Å²) >= 11 is 5.90. The van der Waals surface area contributed by atoms with Crippen molar-refractivity contribution in [2.75, 3.05) is 6.54 Å². The lowest BCUT2D eigenvalue weighted by Crippen LogP contribution is -2.31. The summed E-state index contributed by atoms with van der Waals surface area (Å²) in [4.78, 5) is 25.0. The van der Waals surface area contributed by atoms with Crippen LogP contribution in [0.2, 0.25) is 5.02 Å². The van der Waals surface area contributed by atoms with E-state index in [0.717, 1.165) is 0 Å². The fourth-order valence-corrected chi connectivity index (χ4v) is 1.90. The summed E-state index contributed by atoms with van der Waals surface area (Å²) in [6.45, 7) is 0.237. The average molecular weight is 297 g/mol. The van der Waals surface area contributed by atoms with Gasteiger partial charge in [-0.1, -0.05) is 29.8 Å². The maximum Gasteiger partial charge on any atom is 0.340 e. The smallest absolute Gasteiger partial charge is 0.340 e. The summed E-state index contributed by atoms with van der Waals surface area (Å²) < 4.78 is 0. The van der Waals surface area contributed by atoms with Gasteiger partial charge in [-0.3, -0.25) is 9.78 Å². The van der Waals surface area contributed by atoms with Crippen LogP contribution in [0.3, 0.4) is 0 Å². The van der Waals surface area contributed by atoms with Crippen molar-refractivity contribution >= 4 is 17.5 Å². The van der Waals surface area contributed by atoms with E-state index in [-0.39, 0.29) is 6.54 Å². The van der Waals surface area contributed by atoms with Crippen molar-refractivity contribution in [2.24, 2.45) is 0 Å². The molecule has 1 aromatic carbocycles. The zero-order chi connectivity index (χ0) is 14.5. The summed E-state index contributed by atoms with van der Waals surface area (Å²) in [5.74, 6) is -0.126. The normalized spacial score (nSPS) is 12.1. The van der Waals surface area contributed by atoms with Crippen molar-refractivity contribution < 1.29 is 9.90 Å². The van der Waals surface area contributed by atoms with Gasteiger partial charge in [-0.2, -0.15) is 5.10 Å². The van der Waals surface area contributed by atoms with Gasteiger partial charge in [0.2, 0.25) is 0 Å². The highest BCUT2D eigenvalue weighted by atomic mass is 35.5. The minimum atomic E-state index is -1.33. The quantitative estimate of drug-likeness (QED) is 0.629. The molecule has 0 bridgehead atoms. The largest absolute Gasteiger partial charge is 0.378 e. The predicted molar refractivity (Wildman–Crippen MR) is 72.3 cm³/mol. The summed E-state index contributed by atoms with van der Waals surface area (Å²) in [7, 11) is 0. The molecule has 106 valence electrons. The van der Waals surface area contributed by atoms with E-state index in [1.807, 2.05) is 0 Å². The van der Waals surface area contributed by atoms with Gasteiger partial charge < -0.3 is 10.4 Å². The molecule has 8 heteroatoms. The zero-order valence-electron chi connectivity index (χ0n) is 10.4. The Labute approximate surface area is 119 Å². The lowest BCUT2D eigenvalue weighted by molar-refractivity contribution is -0.129. The van der Waals surface area contributed by atoms with Gasteiger partial charge in [0.1, 0.15) is 5.82 Å². The number of rotatable bonds is 5. The van der Waals surface area contributed by atoms with Crippen LogP contribution in [-0.2, 0) is 11.2 Å². The Kier molecular flexibility index (Phi) is 4.54. The van der Waals surface area contributed by atoms with Gasteiger partial charge in [0.05, 0.1) is 0 Å². The summed E-state index contributed by atoms with van der Waals surface area (Å²) in [6.07, 6.45) is -0.985. The number of carbonyl (C=O) groups excluding carboxylic acids is 1. The van der Waals surface area contributed by atoms with Crippen LogP contribution in [0.4, 0.5) is 0 Å². The van der Waals surface area contributed by atoms with Crippen molar-refractivity contribution in [2.45, 2.75) is 12.5 Å². The molecule has 2 aromatic rings. The lowest BCUT2D eigenvalue weighted by Gasteiger charge is -2.12. The fourth-order valence-electron chi connectivity index (χ4n) is 1.66. The highest BCUT2D eigenvalue weighted by molar-refractivity contribution is 6.31. The van der Waals surface area contributed by atoms with Gasteiger partial charge in [-0.25, -0.2) is 9.89 Å². The molecule has 2 rings (SSSR count). The third kappa shape index (κ3) is 3.46. The molecule has 0 aliphatic rings. The van der Waals surface area contributed by atoms with E-state index < -0.39 is 17.7 Å². The molecular weight excluding hydrogens is 284 g/mol. The minimum Gasteiger partial charge on any atom is -0.378 e. The molecule has 4 N–H and O–H groups in total. The maximum absolute atomic E-state index is 11.8. The zero-order valence-corrected chi connectivity index (χ0v) is 11.1. The number of nitrogens with zero attached hydrogens (tertiary/aromatic N) is 1. The lowest BCUT2D eigenvalue weighted by atomic mass is 10.1. The van der Waals surface area contributed by atoms with E-state index in [9.17, 15) is 14.7 Å². The summed E-state index contributed by atoms with van der Waals surface area (Å²) in [5.41, 5.74) is -0.0535. The number of carbonyl (C=O) groups is 1. The molecule has 1 amide bonds. The maximum atomic E-state index is 11.8. The number of aromatic nitrogens is 3. The summed E-state index contributed by atoms with van der Waals surface area (Å²) in [5, 5.41) is 18.7. The molecule has 0 saturated carbocycles. The van der Waals surface area contributed by atoms with Crippen LogP contribution in [0, 0.1) is 0 Å². The highest BCUT2D eigenvalue weighted by Gasteiger charge is 2.19. The molecule has 0 spiro atoms. The number of hydrogen-bond donors (Lipinski definition) is 4. The van der Waals surface area contributed by atoms with Crippen molar-refractivity contribution in [1.29, 1.82) is 0 Å². The second-order valence-electron chi connectivity index (χ2n) is 4.09. The number of aromatic amines is 2. The molecule has 1 aromatic heterocycles. The van der Waals surface area contributed by atoms with Crippen molar-refractivity contribution in [3.63, 3.8) is 0 Å². The molecule has 1 atom stereocenters. The average Bonchev–Trinajstić information content (AvgIpc) is 2.84. The van der Waals surface area contributed by atoms with Crippen LogP contribution < -0.4 is 11.0 Å². The molecule has 0 fully saturated rings. The van der Waals surface area contributed by atoms with Crippen LogP contribution in [0.1, 0.15) is 17.5 Å². The molecule has 7 nitrogen and oxygen atoms in total. The number of benzene rings is 1. The van der Waals surface area contributed by atoms with Gasteiger partial charge in [0.25, 0.3) is 5.91 Å². The number of aliphatic hydroxyl groups is 1. The number of aliphatic hydroxyl groups excluding tert-OH is 1. The first-order chi connectivity index (χ1) is 9.58. The van der Waals surface area contributed by atoms with E-state index in [0.29, 0.717) is 22.8 Å². The van der Waals surface area contributed by atoms with Crippen molar-refractivity contribution in [3.8, 4) is 0 Å². The van der Waals surface area contributed by atoms with Gasteiger partial charge in [-0.05, 0) is 6.07 Å².